The van der Waals surface area contributed by atoms with E-state index in [0.29, 0.717) is 0 Å². The molecule has 6 nitrogen and oxygen atoms in total. The summed E-state index contributed by atoms with van der Waals surface area (Å²) in [6.45, 7) is -0.557. The Hall–Kier alpha value is -1.74. The number of carbonyl (C=O) groups excluding carboxylic acids is 1. The largest absolute Gasteiger partial charge is 0.480 e. The summed E-state index contributed by atoms with van der Waals surface area (Å²) in [7, 11) is 1.46. The van der Waals surface area contributed by atoms with Gasteiger partial charge in [0.15, 0.2) is 0 Å². The number of hydrogen-bond donors (Lipinski definition) is 2. The van der Waals surface area contributed by atoms with Crippen LogP contribution in [0.3, 0.4) is 0 Å². The highest BCUT2D eigenvalue weighted by molar-refractivity contribution is 5.80. The summed E-state index contributed by atoms with van der Waals surface area (Å²) < 4.78 is 0. The van der Waals surface area contributed by atoms with Crippen LogP contribution in [0.15, 0.2) is 0 Å². The number of carbonyl (C=O) groups is 2. The summed E-state index contributed by atoms with van der Waals surface area (Å²) in [5, 5.41) is 17.2. The van der Waals surface area contributed by atoms with E-state index in [1.807, 2.05) is 0 Å². The van der Waals surface area contributed by atoms with Crippen molar-refractivity contribution in [2.75, 3.05) is 33.3 Å². The predicted molar refractivity (Wildman–Crippen MR) is 53.2 cm³/mol. The maximum absolute atomic E-state index is 11.5. The van der Waals surface area contributed by atoms with Crippen LogP contribution in [0.25, 0.3) is 0 Å². The number of aliphatic carboxylic acids is 1. The fraction of sp³-hybridized carbons (Fsp3) is 0.556. The Bertz CT molecular complexity index is 272. The molecule has 0 aromatic carbocycles. The topological polar surface area (TPSA) is 81.1 Å². The Balaban J connectivity index is 4.41. The van der Waals surface area contributed by atoms with Crippen molar-refractivity contribution in [2.24, 2.45) is 0 Å². The molecule has 0 aromatic heterocycles. The maximum Gasteiger partial charge on any atom is 0.323 e. The molecule has 0 aliphatic carbocycles. The first-order valence-electron chi connectivity index (χ1n) is 4.29. The molecule has 0 atom stereocenters. The highest BCUT2D eigenvalue weighted by atomic mass is 16.4. The minimum absolute atomic E-state index is 0.0685. The average molecular weight is 214 g/mol. The Morgan fingerprint density at radius 3 is 2.47 bits per heavy atom. The first kappa shape index (κ1) is 13.3. The Labute approximate surface area is 88.1 Å². The lowest BCUT2D eigenvalue weighted by atomic mass is 10.4. The minimum Gasteiger partial charge on any atom is -0.480 e. The molecule has 2 amide bonds. The van der Waals surface area contributed by atoms with Gasteiger partial charge in [-0.2, -0.15) is 0 Å². The zero-order valence-electron chi connectivity index (χ0n) is 8.51. The smallest absolute Gasteiger partial charge is 0.323 e. The van der Waals surface area contributed by atoms with Crippen LogP contribution in [-0.4, -0.2) is 65.3 Å². The molecular weight excluding hydrogens is 200 g/mol. The van der Waals surface area contributed by atoms with E-state index in [1.165, 1.54) is 11.9 Å². The Morgan fingerprint density at radius 2 is 2.07 bits per heavy atom. The second-order valence-corrected chi connectivity index (χ2v) is 2.88. The number of terminal acetylenes is 1. The molecule has 0 spiro atoms. The van der Waals surface area contributed by atoms with E-state index in [9.17, 15) is 9.59 Å². The number of urea groups is 1. The number of likely N-dealkylation sites (N-methyl/N-ethyl adjacent to an activating group) is 1. The van der Waals surface area contributed by atoms with Crippen LogP contribution < -0.4 is 0 Å². The lowest BCUT2D eigenvalue weighted by molar-refractivity contribution is -0.137. The van der Waals surface area contributed by atoms with E-state index < -0.39 is 18.5 Å². The van der Waals surface area contributed by atoms with Crippen LogP contribution in [-0.2, 0) is 4.79 Å². The molecule has 0 bridgehead atoms. The molecule has 84 valence electrons. The van der Waals surface area contributed by atoms with Gasteiger partial charge in [-0.3, -0.25) is 4.79 Å². The van der Waals surface area contributed by atoms with Gasteiger partial charge in [0.2, 0.25) is 0 Å². The number of aliphatic hydroxyl groups excluding tert-OH is 1. The van der Waals surface area contributed by atoms with Crippen LogP contribution in [0.2, 0.25) is 0 Å². The van der Waals surface area contributed by atoms with E-state index in [-0.39, 0.29) is 19.7 Å². The molecule has 15 heavy (non-hydrogen) atoms. The van der Waals surface area contributed by atoms with E-state index in [0.717, 1.165) is 4.90 Å². The standard InChI is InChI=1S/C9H14N2O4/c1-3-4-11(7-8(13)14)9(15)10(2)5-6-12/h1,12H,4-7H2,2H3,(H,13,14). The number of carboxylic acid groups (broad SMARTS) is 1. The van der Waals surface area contributed by atoms with Gasteiger partial charge in [0.05, 0.1) is 13.2 Å². The van der Waals surface area contributed by atoms with Crippen LogP contribution >= 0.6 is 0 Å². The van der Waals surface area contributed by atoms with Crippen molar-refractivity contribution in [3.63, 3.8) is 0 Å². The molecule has 0 aromatic rings. The summed E-state index contributed by atoms with van der Waals surface area (Å²) in [4.78, 5) is 24.2. The van der Waals surface area contributed by atoms with Crippen LogP contribution in [0.5, 0.6) is 0 Å². The summed E-state index contributed by atoms with van der Waals surface area (Å²) in [5.41, 5.74) is 0. The molecule has 2 N–H and O–H groups in total. The monoisotopic (exact) mass is 214 g/mol. The number of nitrogens with zero attached hydrogens (tertiary/aromatic N) is 2. The Kier molecular flexibility index (Phi) is 5.90. The van der Waals surface area contributed by atoms with Crippen LogP contribution in [0.1, 0.15) is 0 Å². The lowest BCUT2D eigenvalue weighted by Crippen LogP contribution is -2.44. The Morgan fingerprint density at radius 1 is 1.47 bits per heavy atom. The first-order chi connectivity index (χ1) is 7.02. The third-order valence-electron chi connectivity index (χ3n) is 1.64. The second-order valence-electron chi connectivity index (χ2n) is 2.88. The van der Waals surface area contributed by atoms with Crippen molar-refractivity contribution < 1.29 is 19.8 Å². The van der Waals surface area contributed by atoms with Gasteiger partial charge in [-0.05, 0) is 0 Å². The highest BCUT2D eigenvalue weighted by Gasteiger charge is 2.18. The minimum atomic E-state index is -1.13. The van der Waals surface area contributed by atoms with Crippen molar-refractivity contribution in [1.29, 1.82) is 0 Å². The summed E-state index contributed by atoms with van der Waals surface area (Å²) in [6.07, 6.45) is 5.01. The van der Waals surface area contributed by atoms with Crippen molar-refractivity contribution in [1.82, 2.24) is 9.80 Å². The van der Waals surface area contributed by atoms with Crippen molar-refractivity contribution in [3.05, 3.63) is 0 Å². The van der Waals surface area contributed by atoms with Crippen molar-refractivity contribution >= 4 is 12.0 Å². The number of rotatable bonds is 5. The highest BCUT2D eigenvalue weighted by Crippen LogP contribution is 1.96. The molecule has 0 saturated heterocycles. The number of amides is 2. The number of carboxylic acids is 1. The summed E-state index contributed by atoms with van der Waals surface area (Å²) in [6, 6.07) is -0.510. The van der Waals surface area contributed by atoms with Gasteiger partial charge < -0.3 is 20.0 Å². The molecule has 0 radical (unpaired) electrons. The average Bonchev–Trinajstić information content (AvgIpc) is 2.16. The molecule has 0 saturated carbocycles. The quantitative estimate of drug-likeness (QED) is 0.578. The normalized spacial score (nSPS) is 9.13. The number of hydrogen-bond acceptors (Lipinski definition) is 3. The molecule has 0 aliphatic heterocycles. The molecule has 6 heteroatoms. The van der Waals surface area contributed by atoms with E-state index in [1.54, 1.807) is 0 Å². The van der Waals surface area contributed by atoms with Gasteiger partial charge in [-0.15, -0.1) is 6.42 Å². The van der Waals surface area contributed by atoms with Crippen LogP contribution in [0, 0.1) is 12.3 Å². The molecule has 0 heterocycles. The second kappa shape index (κ2) is 6.68. The SMILES string of the molecule is C#CCN(CC(=O)O)C(=O)N(C)CCO. The zero-order chi connectivity index (χ0) is 11.8. The van der Waals surface area contributed by atoms with Crippen molar-refractivity contribution in [2.45, 2.75) is 0 Å². The van der Waals surface area contributed by atoms with Crippen LogP contribution in [0.4, 0.5) is 4.79 Å². The fourth-order valence-corrected chi connectivity index (χ4v) is 0.952. The predicted octanol–water partition coefficient (Wildman–Crippen LogP) is -0.950. The van der Waals surface area contributed by atoms with E-state index in [4.69, 9.17) is 16.6 Å². The maximum atomic E-state index is 11.5. The van der Waals surface area contributed by atoms with E-state index in [2.05, 4.69) is 5.92 Å². The summed E-state index contributed by atoms with van der Waals surface area (Å²) in [5.74, 6) is 1.07. The van der Waals surface area contributed by atoms with Gasteiger partial charge in [0.1, 0.15) is 6.54 Å². The van der Waals surface area contributed by atoms with Gasteiger partial charge in [-0.1, -0.05) is 5.92 Å². The third kappa shape index (κ3) is 4.88. The van der Waals surface area contributed by atoms with Gasteiger partial charge >= 0.3 is 12.0 Å². The fourth-order valence-electron chi connectivity index (χ4n) is 0.952. The third-order valence-corrected chi connectivity index (χ3v) is 1.64. The first-order valence-corrected chi connectivity index (χ1v) is 4.29. The van der Waals surface area contributed by atoms with Gasteiger partial charge in [0, 0.05) is 13.6 Å². The molecule has 0 unspecified atom stereocenters. The number of aliphatic hydroxyl groups is 1. The van der Waals surface area contributed by atoms with Crippen molar-refractivity contribution in [3.8, 4) is 12.3 Å². The van der Waals surface area contributed by atoms with E-state index >= 15 is 0 Å². The molecule has 0 fully saturated rings. The molecule has 0 rings (SSSR count). The molecular formula is C9H14N2O4. The summed E-state index contributed by atoms with van der Waals surface area (Å²) >= 11 is 0. The molecule has 0 aliphatic rings. The lowest BCUT2D eigenvalue weighted by Gasteiger charge is -2.24. The zero-order valence-corrected chi connectivity index (χ0v) is 8.51. The van der Waals surface area contributed by atoms with Gasteiger partial charge in [-0.25, -0.2) is 4.79 Å². The van der Waals surface area contributed by atoms with Gasteiger partial charge in [0.25, 0.3) is 0 Å².